The third kappa shape index (κ3) is 2.11. The van der Waals surface area contributed by atoms with Crippen LogP contribution in [0, 0.1) is 5.92 Å². The average Bonchev–Trinajstić information content (AvgIpc) is 2.12. The molecule has 1 saturated carbocycles. The first-order valence-corrected chi connectivity index (χ1v) is 6.93. The number of ether oxygens (including phenoxy) is 1. The Kier molecular flexibility index (Phi) is 3.13. The number of amides is 1. The van der Waals surface area contributed by atoms with Crippen LogP contribution in [0.5, 0.6) is 0 Å². The molecule has 2 N–H and O–H groups in total. The van der Waals surface area contributed by atoms with Crippen molar-refractivity contribution in [2.75, 3.05) is 0 Å². The zero-order valence-corrected chi connectivity index (χ0v) is 12.2. The van der Waals surface area contributed by atoms with E-state index in [-0.39, 0.29) is 17.7 Å². The first-order valence-electron chi connectivity index (χ1n) is 6.93. The minimum atomic E-state index is -0.439. The first kappa shape index (κ1) is 13.7. The highest BCUT2D eigenvalue weighted by Gasteiger charge is 2.60. The van der Waals surface area contributed by atoms with E-state index >= 15 is 0 Å². The van der Waals surface area contributed by atoms with Gasteiger partial charge in [0.15, 0.2) is 0 Å². The fourth-order valence-electron chi connectivity index (χ4n) is 3.60. The van der Waals surface area contributed by atoms with E-state index in [9.17, 15) is 4.79 Å². The number of hydrogen-bond donors (Lipinski definition) is 1. The maximum atomic E-state index is 12.3. The minimum absolute atomic E-state index is 0.00372. The smallest absolute Gasteiger partial charge is 0.411 e. The molecule has 0 spiro atoms. The number of hydrogen-bond acceptors (Lipinski definition) is 3. The van der Waals surface area contributed by atoms with Gasteiger partial charge in [0, 0.05) is 12.1 Å². The van der Waals surface area contributed by atoms with Gasteiger partial charge in [-0.05, 0) is 52.9 Å². The number of carbonyl (C=O) groups is 1. The van der Waals surface area contributed by atoms with Crippen LogP contribution in [0.25, 0.3) is 0 Å². The highest BCUT2D eigenvalue weighted by Crippen LogP contribution is 2.51. The zero-order chi connectivity index (χ0) is 13.7. The second-order valence-corrected chi connectivity index (χ2v) is 7.15. The van der Waals surface area contributed by atoms with Crippen molar-refractivity contribution in [2.24, 2.45) is 11.7 Å². The van der Waals surface area contributed by atoms with Crippen molar-refractivity contribution in [3.05, 3.63) is 0 Å². The van der Waals surface area contributed by atoms with Crippen molar-refractivity contribution in [3.8, 4) is 0 Å². The molecule has 104 valence electrons. The SMILES string of the molecule is CC1CC2CC(C(C)N)(C1)N2C(=O)OC(C)(C)C. The molecule has 3 fully saturated rings. The van der Waals surface area contributed by atoms with Crippen LogP contribution in [0.2, 0.25) is 0 Å². The van der Waals surface area contributed by atoms with Crippen LogP contribution in [0.1, 0.15) is 53.9 Å². The molecule has 2 saturated heterocycles. The molecule has 4 atom stereocenters. The summed E-state index contributed by atoms with van der Waals surface area (Å²) in [4.78, 5) is 14.2. The Morgan fingerprint density at radius 1 is 1.44 bits per heavy atom. The normalized spacial score (nSPS) is 36.9. The Morgan fingerprint density at radius 3 is 2.56 bits per heavy atom. The van der Waals surface area contributed by atoms with Gasteiger partial charge in [-0.15, -0.1) is 0 Å². The summed E-state index contributed by atoms with van der Waals surface area (Å²) < 4.78 is 5.52. The summed E-state index contributed by atoms with van der Waals surface area (Å²) in [6.45, 7) is 9.96. The molecule has 0 radical (unpaired) electrons. The second-order valence-electron chi connectivity index (χ2n) is 7.15. The standard InChI is InChI=1S/C14H26N2O2/c1-9-6-11-8-14(7-9,10(2)15)16(11)12(17)18-13(3,4)5/h9-11H,6-8,15H2,1-5H3. The van der Waals surface area contributed by atoms with Gasteiger partial charge < -0.3 is 10.5 Å². The van der Waals surface area contributed by atoms with E-state index in [1.807, 2.05) is 32.6 Å². The predicted molar refractivity (Wildman–Crippen MR) is 71.3 cm³/mol. The third-order valence-electron chi connectivity index (χ3n) is 4.25. The van der Waals surface area contributed by atoms with Crippen LogP contribution >= 0.6 is 0 Å². The summed E-state index contributed by atoms with van der Waals surface area (Å²) in [5.74, 6) is 0.647. The van der Waals surface area contributed by atoms with Crippen molar-refractivity contribution in [3.63, 3.8) is 0 Å². The molecule has 2 heterocycles. The molecular weight excluding hydrogens is 228 g/mol. The van der Waals surface area contributed by atoms with Gasteiger partial charge in [0.05, 0.1) is 5.54 Å². The monoisotopic (exact) mass is 254 g/mol. The van der Waals surface area contributed by atoms with E-state index in [4.69, 9.17) is 10.5 Å². The summed E-state index contributed by atoms with van der Waals surface area (Å²) in [7, 11) is 0. The predicted octanol–water partition coefficient (Wildman–Crippen LogP) is 2.51. The lowest BCUT2D eigenvalue weighted by atomic mass is 9.62. The molecule has 0 aromatic carbocycles. The summed E-state index contributed by atoms with van der Waals surface area (Å²) in [6.07, 6.45) is 2.92. The maximum Gasteiger partial charge on any atom is 0.411 e. The number of carbonyl (C=O) groups excluding carboxylic acids is 1. The van der Waals surface area contributed by atoms with Crippen LogP contribution in [-0.4, -0.2) is 34.2 Å². The lowest BCUT2D eigenvalue weighted by Gasteiger charge is -2.64. The van der Waals surface area contributed by atoms with E-state index in [1.54, 1.807) is 0 Å². The molecule has 1 aliphatic carbocycles. The lowest BCUT2D eigenvalue weighted by molar-refractivity contribution is -0.132. The molecule has 3 aliphatic rings. The Balaban J connectivity index is 2.16. The molecule has 2 bridgehead atoms. The number of rotatable bonds is 1. The highest BCUT2D eigenvalue weighted by molar-refractivity contribution is 5.71. The van der Waals surface area contributed by atoms with Crippen LogP contribution in [-0.2, 0) is 4.74 Å². The Labute approximate surface area is 110 Å². The van der Waals surface area contributed by atoms with Crippen molar-refractivity contribution >= 4 is 6.09 Å². The Hall–Kier alpha value is -0.770. The number of nitrogens with two attached hydrogens (primary N) is 1. The highest BCUT2D eigenvalue weighted by atomic mass is 16.6. The number of nitrogens with zero attached hydrogens (tertiary/aromatic N) is 1. The van der Waals surface area contributed by atoms with E-state index in [0.717, 1.165) is 19.3 Å². The minimum Gasteiger partial charge on any atom is -0.444 e. The maximum absolute atomic E-state index is 12.3. The molecule has 3 rings (SSSR count). The van der Waals surface area contributed by atoms with Crippen LogP contribution in [0.15, 0.2) is 0 Å². The van der Waals surface area contributed by atoms with Gasteiger partial charge in [-0.25, -0.2) is 4.79 Å². The van der Waals surface area contributed by atoms with E-state index < -0.39 is 5.60 Å². The fraction of sp³-hybridized carbons (Fsp3) is 0.929. The van der Waals surface area contributed by atoms with Gasteiger partial charge in [0.2, 0.25) is 0 Å². The fourth-order valence-corrected chi connectivity index (χ4v) is 3.60. The van der Waals surface area contributed by atoms with E-state index in [1.165, 1.54) is 0 Å². The topological polar surface area (TPSA) is 55.6 Å². The second kappa shape index (κ2) is 4.12. The molecule has 0 aromatic rings. The number of piperidine rings is 1. The van der Waals surface area contributed by atoms with Gasteiger partial charge in [-0.2, -0.15) is 0 Å². The molecular formula is C14H26N2O2. The largest absolute Gasteiger partial charge is 0.444 e. The van der Waals surface area contributed by atoms with Gasteiger partial charge in [-0.1, -0.05) is 6.92 Å². The summed E-state index contributed by atoms with van der Waals surface area (Å²) in [6, 6.07) is 0.332. The van der Waals surface area contributed by atoms with Crippen LogP contribution < -0.4 is 5.73 Å². The Morgan fingerprint density at radius 2 is 2.06 bits per heavy atom. The Bertz CT molecular complexity index is 348. The van der Waals surface area contributed by atoms with Crippen LogP contribution in [0.3, 0.4) is 0 Å². The van der Waals surface area contributed by atoms with Crippen molar-refractivity contribution in [2.45, 2.75) is 77.1 Å². The summed E-state index contributed by atoms with van der Waals surface area (Å²) in [5.41, 5.74) is 5.54. The molecule has 0 aromatic heterocycles. The van der Waals surface area contributed by atoms with Gasteiger partial charge in [0.25, 0.3) is 0 Å². The van der Waals surface area contributed by atoms with Gasteiger partial charge in [0.1, 0.15) is 5.60 Å². The summed E-state index contributed by atoms with van der Waals surface area (Å²) in [5, 5.41) is 0. The molecule has 18 heavy (non-hydrogen) atoms. The molecule has 4 heteroatoms. The molecule has 1 amide bonds. The number of fused-ring (bicyclic) bond motifs is 2. The van der Waals surface area contributed by atoms with E-state index in [0.29, 0.717) is 12.0 Å². The molecule has 4 unspecified atom stereocenters. The third-order valence-corrected chi connectivity index (χ3v) is 4.25. The van der Waals surface area contributed by atoms with E-state index in [2.05, 4.69) is 6.92 Å². The molecule has 4 nitrogen and oxygen atoms in total. The zero-order valence-electron chi connectivity index (χ0n) is 12.2. The van der Waals surface area contributed by atoms with Gasteiger partial charge in [-0.3, -0.25) is 4.90 Å². The van der Waals surface area contributed by atoms with Crippen LogP contribution in [0.4, 0.5) is 4.79 Å². The van der Waals surface area contributed by atoms with Crippen molar-refractivity contribution in [1.82, 2.24) is 4.90 Å². The average molecular weight is 254 g/mol. The van der Waals surface area contributed by atoms with Gasteiger partial charge >= 0.3 is 6.09 Å². The molecule has 2 aliphatic heterocycles. The first-order chi connectivity index (χ1) is 8.16. The van der Waals surface area contributed by atoms with Crippen molar-refractivity contribution in [1.29, 1.82) is 0 Å². The van der Waals surface area contributed by atoms with Crippen molar-refractivity contribution < 1.29 is 9.53 Å². The summed E-state index contributed by atoms with van der Waals surface area (Å²) >= 11 is 0. The lowest BCUT2D eigenvalue weighted by Crippen LogP contribution is -2.77. The quantitative estimate of drug-likeness (QED) is 0.782.